The van der Waals surface area contributed by atoms with E-state index in [0.29, 0.717) is 26.3 Å². The van der Waals surface area contributed by atoms with E-state index in [9.17, 15) is 8.42 Å². The van der Waals surface area contributed by atoms with Gasteiger partial charge in [-0.15, -0.1) is 0 Å². The van der Waals surface area contributed by atoms with Gasteiger partial charge in [-0.25, -0.2) is 42.1 Å². The summed E-state index contributed by atoms with van der Waals surface area (Å²) < 4.78 is 29.0. The molecular weight excluding hydrogens is 238 g/mol. The third-order valence-corrected chi connectivity index (χ3v) is 7.56. The zero-order valence-electron chi connectivity index (χ0n) is 6.13. The minimum absolute atomic E-state index is 0.374. The van der Waals surface area contributed by atoms with Crippen molar-refractivity contribution >= 4 is 38.5 Å². The molecule has 0 bridgehead atoms. The van der Waals surface area contributed by atoms with Gasteiger partial charge in [-0.2, -0.15) is 0 Å². The van der Waals surface area contributed by atoms with Crippen LogP contribution in [-0.4, -0.2) is 39.0 Å². The van der Waals surface area contributed by atoms with Crippen LogP contribution in [0.3, 0.4) is 0 Å². The first-order chi connectivity index (χ1) is 5.55. The van der Waals surface area contributed by atoms with E-state index in [1.807, 2.05) is 0 Å². The van der Waals surface area contributed by atoms with Crippen molar-refractivity contribution in [3.63, 3.8) is 0 Å². The van der Waals surface area contributed by atoms with Crippen LogP contribution in [0.2, 0.25) is 0 Å². The van der Waals surface area contributed by atoms with Crippen LogP contribution in [0.25, 0.3) is 0 Å². The summed E-state index contributed by atoms with van der Waals surface area (Å²) in [6, 6.07) is 0. The molecule has 1 heterocycles. The molecule has 0 saturated carbocycles. The zero-order valence-corrected chi connectivity index (χ0v) is 9.40. The fourth-order valence-electron chi connectivity index (χ4n) is 0.856. The zero-order chi connectivity index (χ0) is 9.19. The molecule has 0 aliphatic carbocycles. The van der Waals surface area contributed by atoms with E-state index in [2.05, 4.69) is 22.4 Å². The van der Waals surface area contributed by atoms with Crippen LogP contribution in [0.4, 0.5) is 0 Å². The van der Waals surface area contributed by atoms with Gasteiger partial charge in [-0.3, -0.25) is 0 Å². The molecular formula is C4H8NO3S4-. The number of morpholine rings is 1. The second-order valence-corrected chi connectivity index (χ2v) is 10.1. The van der Waals surface area contributed by atoms with Crippen LogP contribution < -0.4 is 0 Å². The fourth-order valence-corrected chi connectivity index (χ4v) is 4.14. The van der Waals surface area contributed by atoms with Crippen LogP contribution in [0.15, 0.2) is 0 Å². The maximum absolute atomic E-state index is 11.4. The van der Waals surface area contributed by atoms with Gasteiger partial charge in [0.15, 0.2) is 9.06 Å². The van der Waals surface area contributed by atoms with Gasteiger partial charge in [-0.05, 0) is 0 Å². The monoisotopic (exact) mass is 246 g/mol. The van der Waals surface area contributed by atoms with Crippen LogP contribution in [-0.2, 0) is 43.2 Å². The van der Waals surface area contributed by atoms with Gasteiger partial charge in [-0.1, -0.05) is 0 Å². The molecule has 0 spiro atoms. The van der Waals surface area contributed by atoms with E-state index in [-0.39, 0.29) is 0 Å². The number of hydrogen-bond acceptors (Lipinski definition) is 6. The van der Waals surface area contributed by atoms with Gasteiger partial charge in [0.25, 0.3) is 0 Å². The Balaban J connectivity index is 2.81. The number of hydrogen-bond donors (Lipinski definition) is 0. The van der Waals surface area contributed by atoms with Gasteiger partial charge >= 0.3 is 0 Å². The minimum Gasteiger partial charge on any atom is -0.379 e. The van der Waals surface area contributed by atoms with E-state index >= 15 is 0 Å². The highest BCUT2D eigenvalue weighted by Gasteiger charge is 2.17. The number of rotatable bonds is 2. The van der Waals surface area contributed by atoms with Crippen molar-refractivity contribution in [2.24, 2.45) is 0 Å². The molecule has 1 aliphatic rings. The van der Waals surface area contributed by atoms with Crippen LogP contribution >= 0.6 is 0 Å². The van der Waals surface area contributed by atoms with Crippen molar-refractivity contribution in [2.75, 3.05) is 26.3 Å². The lowest BCUT2D eigenvalue weighted by Crippen LogP contribution is -2.40. The summed E-state index contributed by atoms with van der Waals surface area (Å²) in [4.78, 5) is 0. The largest absolute Gasteiger partial charge is 0.379 e. The first-order valence-corrected chi connectivity index (χ1v) is 8.26. The molecule has 1 fully saturated rings. The van der Waals surface area contributed by atoms with Crippen LogP contribution in [0.1, 0.15) is 0 Å². The molecule has 72 valence electrons. The van der Waals surface area contributed by atoms with E-state index in [0.717, 1.165) is 0 Å². The second kappa shape index (κ2) is 4.25. The molecule has 0 atom stereocenters. The van der Waals surface area contributed by atoms with Crippen LogP contribution in [0, 0.1) is 0 Å². The normalized spacial score (nSPS) is 21.4. The predicted molar refractivity (Wildman–Crippen MR) is 53.4 cm³/mol. The summed E-state index contributed by atoms with van der Waals surface area (Å²) in [6.07, 6.45) is 0. The first-order valence-electron chi connectivity index (χ1n) is 3.23. The molecule has 0 amide bonds. The van der Waals surface area contributed by atoms with Gasteiger partial charge in [0.1, 0.15) is 0 Å². The Bertz CT molecular complexity index is 305. The summed E-state index contributed by atoms with van der Waals surface area (Å²) in [6.45, 7) is 1.61. The minimum atomic E-state index is -3.39. The molecule has 0 unspecified atom stereocenters. The Labute approximate surface area is 82.2 Å². The molecule has 0 aromatic heterocycles. The lowest BCUT2D eigenvalue weighted by Gasteiger charge is -2.28. The van der Waals surface area contributed by atoms with Crippen molar-refractivity contribution < 1.29 is 13.2 Å². The Morgan fingerprint density at radius 2 is 1.75 bits per heavy atom. The fraction of sp³-hybridized carbons (Fsp3) is 1.00. The highest BCUT2D eigenvalue weighted by molar-refractivity contribution is 8.86. The van der Waals surface area contributed by atoms with Crippen molar-refractivity contribution in [3.8, 4) is 0 Å². The molecule has 1 aliphatic heterocycles. The Kier molecular flexibility index (Phi) is 3.80. The molecule has 4 nitrogen and oxygen atoms in total. The molecule has 8 heteroatoms. The van der Waals surface area contributed by atoms with Crippen molar-refractivity contribution in [1.29, 1.82) is 0 Å². The SMILES string of the molecule is O=S(=O)(N1CCOCC1)[S-](=S)=S. The lowest BCUT2D eigenvalue weighted by atomic mass is 10.5. The predicted octanol–water partition coefficient (Wildman–Crippen LogP) is -0.894. The summed E-state index contributed by atoms with van der Waals surface area (Å²) in [7, 11) is -4.80. The lowest BCUT2D eigenvalue weighted by molar-refractivity contribution is 0.0741. The van der Waals surface area contributed by atoms with E-state index in [1.54, 1.807) is 0 Å². The Morgan fingerprint density at radius 3 is 2.17 bits per heavy atom. The van der Waals surface area contributed by atoms with E-state index < -0.39 is 16.1 Å². The van der Waals surface area contributed by atoms with Gasteiger partial charge in [0, 0.05) is 13.1 Å². The van der Waals surface area contributed by atoms with Crippen molar-refractivity contribution in [2.45, 2.75) is 0 Å². The third-order valence-electron chi connectivity index (χ3n) is 1.46. The Morgan fingerprint density at radius 1 is 1.25 bits per heavy atom. The summed E-state index contributed by atoms with van der Waals surface area (Å²) in [5.41, 5.74) is 0. The average molecular weight is 246 g/mol. The molecule has 1 saturated heterocycles. The van der Waals surface area contributed by atoms with Crippen LogP contribution in [0.5, 0.6) is 0 Å². The topological polar surface area (TPSA) is 46.6 Å². The molecule has 0 aromatic carbocycles. The standard InChI is InChI=1S/C4H8NO3S4/c6-12(7,11(9)10)5-1-3-8-4-2-5/h1-4H2/q-1. The molecule has 0 radical (unpaired) electrons. The second-order valence-electron chi connectivity index (χ2n) is 2.17. The Hall–Kier alpha value is 0.660. The van der Waals surface area contributed by atoms with Gasteiger partial charge < -0.3 is 4.74 Å². The highest BCUT2D eigenvalue weighted by Crippen LogP contribution is 2.05. The molecule has 1 rings (SSSR count). The quantitative estimate of drug-likeness (QED) is 0.467. The average Bonchev–Trinajstić information content (AvgIpc) is 2.06. The third kappa shape index (κ3) is 2.33. The maximum Gasteiger partial charge on any atom is 0.153 e. The van der Waals surface area contributed by atoms with E-state index in [4.69, 9.17) is 4.74 Å². The molecule has 0 N–H and O–H groups in total. The van der Waals surface area contributed by atoms with Gasteiger partial charge in [0.05, 0.1) is 13.2 Å². The summed E-state index contributed by atoms with van der Waals surface area (Å²) in [5.74, 6) is 0. The first kappa shape index (κ1) is 10.7. The number of ether oxygens (including phenoxy) is 1. The summed E-state index contributed by atoms with van der Waals surface area (Å²) >= 11 is 9.14. The van der Waals surface area contributed by atoms with Crippen molar-refractivity contribution in [1.82, 2.24) is 4.31 Å². The van der Waals surface area contributed by atoms with Crippen molar-refractivity contribution in [3.05, 3.63) is 0 Å². The number of nitrogens with zero attached hydrogens (tertiary/aromatic N) is 1. The smallest absolute Gasteiger partial charge is 0.153 e. The molecule has 0 aromatic rings. The summed E-state index contributed by atoms with van der Waals surface area (Å²) in [5, 5.41) is 0. The maximum atomic E-state index is 11.4. The highest BCUT2D eigenvalue weighted by atomic mass is 33.5. The van der Waals surface area contributed by atoms with Gasteiger partial charge in [0.2, 0.25) is 0 Å². The molecule has 12 heavy (non-hydrogen) atoms. The van der Waals surface area contributed by atoms with E-state index in [1.165, 1.54) is 4.31 Å².